The van der Waals surface area contributed by atoms with Gasteiger partial charge in [-0.2, -0.15) is 4.98 Å². The van der Waals surface area contributed by atoms with Gasteiger partial charge in [0, 0.05) is 23.7 Å². The molecular weight excluding hydrogens is 264 g/mol. The van der Waals surface area contributed by atoms with E-state index in [-0.39, 0.29) is 12.7 Å². The number of nitrogens with zero attached hydrogens (tertiary/aromatic N) is 2. The zero-order valence-electron chi connectivity index (χ0n) is 10.3. The number of aromatic nitrogens is 2. The minimum absolute atomic E-state index is 0.126. The Morgan fingerprint density at radius 3 is 3.16 bits per heavy atom. The Morgan fingerprint density at radius 2 is 2.26 bits per heavy atom. The molecule has 19 heavy (non-hydrogen) atoms. The number of aliphatic hydroxyl groups is 1. The van der Waals surface area contributed by atoms with Crippen LogP contribution >= 0.6 is 11.8 Å². The number of fused-ring (bicyclic) bond motifs is 1. The summed E-state index contributed by atoms with van der Waals surface area (Å²) in [5, 5.41) is 12.7. The summed E-state index contributed by atoms with van der Waals surface area (Å²) in [6.07, 6.45) is 1.05. The van der Waals surface area contributed by atoms with Gasteiger partial charge in [0.1, 0.15) is 5.75 Å². The van der Waals surface area contributed by atoms with Crippen LogP contribution in [0.4, 0.5) is 0 Å². The van der Waals surface area contributed by atoms with Crippen molar-refractivity contribution in [2.75, 3.05) is 12.4 Å². The molecule has 1 N–H and O–H groups in total. The number of para-hydroxylation sites is 1. The fraction of sp³-hybridized carbons (Fsp3) is 0.385. The maximum absolute atomic E-state index is 8.77. The monoisotopic (exact) mass is 278 g/mol. The van der Waals surface area contributed by atoms with Crippen LogP contribution in [0.2, 0.25) is 0 Å². The molecule has 2 aromatic rings. The summed E-state index contributed by atoms with van der Waals surface area (Å²) in [4.78, 5) is 5.46. The number of aliphatic hydroxyl groups excluding tert-OH is 1. The van der Waals surface area contributed by atoms with E-state index in [4.69, 9.17) is 14.4 Å². The van der Waals surface area contributed by atoms with E-state index in [2.05, 4.69) is 10.1 Å². The largest absolute Gasteiger partial charge is 0.480 e. The van der Waals surface area contributed by atoms with Crippen molar-refractivity contribution in [1.82, 2.24) is 10.1 Å². The van der Waals surface area contributed by atoms with Crippen LogP contribution in [0.3, 0.4) is 0 Å². The topological polar surface area (TPSA) is 68.4 Å². The summed E-state index contributed by atoms with van der Waals surface area (Å²) in [7, 11) is 0. The Kier molecular flexibility index (Phi) is 3.70. The Bertz CT molecular complexity index is 558. The summed E-state index contributed by atoms with van der Waals surface area (Å²) in [5.41, 5.74) is 0. The molecule has 1 atom stereocenters. The number of hydrogen-bond acceptors (Lipinski definition) is 6. The molecule has 1 aromatic carbocycles. The summed E-state index contributed by atoms with van der Waals surface area (Å²) in [6.45, 7) is 0.126. The second kappa shape index (κ2) is 5.63. The molecule has 1 aromatic heterocycles. The molecule has 100 valence electrons. The van der Waals surface area contributed by atoms with Gasteiger partial charge in [0.15, 0.2) is 6.10 Å². The zero-order chi connectivity index (χ0) is 13.1. The maximum atomic E-state index is 8.77. The molecule has 1 unspecified atom stereocenters. The van der Waals surface area contributed by atoms with Crippen molar-refractivity contribution in [2.45, 2.75) is 23.8 Å². The first-order chi connectivity index (χ1) is 9.36. The zero-order valence-corrected chi connectivity index (χ0v) is 11.1. The molecule has 0 saturated heterocycles. The Morgan fingerprint density at radius 1 is 1.37 bits per heavy atom. The first-order valence-electron chi connectivity index (χ1n) is 6.18. The van der Waals surface area contributed by atoms with Crippen molar-refractivity contribution in [3.8, 4) is 5.75 Å². The second-order valence-corrected chi connectivity index (χ2v) is 5.30. The summed E-state index contributed by atoms with van der Waals surface area (Å²) < 4.78 is 11.0. The summed E-state index contributed by atoms with van der Waals surface area (Å²) in [6, 6.07) is 7.93. The van der Waals surface area contributed by atoms with E-state index in [0.29, 0.717) is 24.6 Å². The highest BCUT2D eigenvalue weighted by Crippen LogP contribution is 2.39. The predicted molar refractivity (Wildman–Crippen MR) is 70.2 cm³/mol. The van der Waals surface area contributed by atoms with Gasteiger partial charge in [-0.1, -0.05) is 17.3 Å². The molecule has 0 radical (unpaired) electrons. The van der Waals surface area contributed by atoms with Gasteiger partial charge in [-0.05, 0) is 18.6 Å². The standard InChI is InChI=1S/C13H14N2O3S/c16-7-3-6-12-14-13(15-18-12)10-8-19-11-5-2-1-4-9(11)17-10/h1-2,4-5,10,16H,3,6-8H2. The fourth-order valence-electron chi connectivity index (χ4n) is 1.88. The Balaban J connectivity index is 1.72. The number of aryl methyl sites for hydroxylation is 1. The van der Waals surface area contributed by atoms with Gasteiger partial charge in [-0.15, -0.1) is 11.8 Å². The highest BCUT2D eigenvalue weighted by atomic mass is 32.2. The van der Waals surface area contributed by atoms with Crippen LogP contribution in [0.15, 0.2) is 33.7 Å². The maximum Gasteiger partial charge on any atom is 0.226 e. The lowest BCUT2D eigenvalue weighted by Crippen LogP contribution is -2.16. The Hall–Kier alpha value is -1.53. The lowest BCUT2D eigenvalue weighted by molar-refractivity contribution is 0.205. The number of rotatable bonds is 4. The number of benzene rings is 1. The molecular formula is C13H14N2O3S. The number of ether oxygens (including phenoxy) is 1. The molecule has 0 saturated carbocycles. The number of hydrogen-bond donors (Lipinski definition) is 1. The van der Waals surface area contributed by atoms with Gasteiger partial charge in [0.25, 0.3) is 0 Å². The smallest absolute Gasteiger partial charge is 0.226 e. The van der Waals surface area contributed by atoms with Crippen LogP contribution in [0.5, 0.6) is 5.75 Å². The predicted octanol–water partition coefficient (Wildman–Crippen LogP) is 2.22. The van der Waals surface area contributed by atoms with Gasteiger partial charge in [0.2, 0.25) is 11.7 Å². The van der Waals surface area contributed by atoms with Gasteiger partial charge in [0.05, 0.1) is 0 Å². The van der Waals surface area contributed by atoms with Crippen molar-refractivity contribution in [3.63, 3.8) is 0 Å². The van der Waals surface area contributed by atoms with E-state index >= 15 is 0 Å². The molecule has 5 nitrogen and oxygen atoms in total. The highest BCUT2D eigenvalue weighted by Gasteiger charge is 2.25. The van der Waals surface area contributed by atoms with Crippen LogP contribution in [0.25, 0.3) is 0 Å². The average Bonchev–Trinajstić information content (AvgIpc) is 2.93. The third-order valence-corrected chi connectivity index (χ3v) is 3.95. The molecule has 1 aliphatic rings. The van der Waals surface area contributed by atoms with Gasteiger partial charge in [-0.25, -0.2) is 0 Å². The Labute approximate surface area is 115 Å². The van der Waals surface area contributed by atoms with E-state index in [1.807, 2.05) is 24.3 Å². The lowest BCUT2D eigenvalue weighted by Gasteiger charge is -2.22. The molecule has 3 rings (SSSR count). The normalized spacial score (nSPS) is 17.8. The molecule has 0 fully saturated rings. The first-order valence-corrected chi connectivity index (χ1v) is 7.17. The van der Waals surface area contributed by atoms with Crippen LogP contribution in [-0.2, 0) is 6.42 Å². The minimum Gasteiger partial charge on any atom is -0.480 e. The highest BCUT2D eigenvalue weighted by molar-refractivity contribution is 7.99. The molecule has 0 bridgehead atoms. The SMILES string of the molecule is OCCCc1nc(C2CSc3ccccc3O2)no1. The summed E-state index contributed by atoms with van der Waals surface area (Å²) >= 11 is 1.73. The van der Waals surface area contributed by atoms with Crippen LogP contribution in [-0.4, -0.2) is 27.6 Å². The van der Waals surface area contributed by atoms with E-state index in [9.17, 15) is 0 Å². The molecule has 1 aliphatic heterocycles. The van der Waals surface area contributed by atoms with Crippen molar-refractivity contribution >= 4 is 11.8 Å². The van der Waals surface area contributed by atoms with E-state index < -0.39 is 0 Å². The van der Waals surface area contributed by atoms with E-state index in [1.165, 1.54) is 0 Å². The molecule has 6 heteroatoms. The van der Waals surface area contributed by atoms with Crippen molar-refractivity contribution in [2.24, 2.45) is 0 Å². The van der Waals surface area contributed by atoms with Crippen LogP contribution < -0.4 is 4.74 Å². The van der Waals surface area contributed by atoms with Crippen molar-refractivity contribution < 1.29 is 14.4 Å². The van der Waals surface area contributed by atoms with Crippen molar-refractivity contribution in [1.29, 1.82) is 0 Å². The van der Waals surface area contributed by atoms with E-state index in [1.54, 1.807) is 11.8 Å². The summed E-state index contributed by atoms with van der Waals surface area (Å²) in [5.74, 6) is 2.77. The second-order valence-electron chi connectivity index (χ2n) is 4.24. The molecule has 2 heterocycles. The lowest BCUT2D eigenvalue weighted by atomic mass is 10.3. The van der Waals surface area contributed by atoms with E-state index in [0.717, 1.165) is 16.4 Å². The first kappa shape index (κ1) is 12.5. The van der Waals surface area contributed by atoms with Gasteiger partial charge < -0.3 is 14.4 Å². The molecule has 0 amide bonds. The third-order valence-electron chi connectivity index (χ3n) is 2.83. The molecule has 0 spiro atoms. The van der Waals surface area contributed by atoms with Gasteiger partial charge in [-0.3, -0.25) is 0 Å². The minimum atomic E-state index is -0.175. The van der Waals surface area contributed by atoms with Crippen LogP contribution in [0.1, 0.15) is 24.2 Å². The third kappa shape index (κ3) is 2.74. The quantitative estimate of drug-likeness (QED) is 0.925. The van der Waals surface area contributed by atoms with Gasteiger partial charge >= 0.3 is 0 Å². The average molecular weight is 278 g/mol. The number of thioether (sulfide) groups is 1. The van der Waals surface area contributed by atoms with Crippen molar-refractivity contribution in [3.05, 3.63) is 36.0 Å². The fourth-order valence-corrected chi connectivity index (χ4v) is 2.86. The van der Waals surface area contributed by atoms with Crippen LogP contribution in [0, 0.1) is 0 Å². The molecule has 0 aliphatic carbocycles.